The van der Waals surface area contributed by atoms with Gasteiger partial charge >= 0.3 is 0 Å². The van der Waals surface area contributed by atoms with Crippen LogP contribution in [-0.2, 0) is 22.9 Å². The molecule has 0 radical (unpaired) electrons. The third-order valence-corrected chi connectivity index (χ3v) is 6.38. The maximum Gasteiger partial charge on any atom is 0.217 e. The molecule has 1 aromatic carbocycles. The number of halogens is 1. The minimum atomic E-state index is -3.25. The summed E-state index contributed by atoms with van der Waals surface area (Å²) in [5.74, 6) is 0.145. The van der Waals surface area contributed by atoms with E-state index in [1.54, 1.807) is 11.2 Å². The van der Waals surface area contributed by atoms with Gasteiger partial charge in [-0.1, -0.05) is 24.3 Å². The van der Waals surface area contributed by atoms with Gasteiger partial charge < -0.3 is 0 Å². The van der Waals surface area contributed by atoms with Crippen LogP contribution >= 0.6 is 11.6 Å². The first kappa shape index (κ1) is 13.8. The molecule has 3 nitrogen and oxygen atoms in total. The van der Waals surface area contributed by atoms with Crippen molar-refractivity contribution in [2.75, 3.05) is 19.0 Å². The van der Waals surface area contributed by atoms with Crippen LogP contribution in [0.1, 0.15) is 18.1 Å². The van der Waals surface area contributed by atoms with Gasteiger partial charge in [0.05, 0.1) is 5.25 Å². The Morgan fingerprint density at radius 1 is 1.22 bits per heavy atom. The second-order valence-corrected chi connectivity index (χ2v) is 7.34. The second-order valence-electron chi connectivity index (χ2n) is 4.68. The molecule has 1 aromatic rings. The largest absolute Gasteiger partial charge is 0.217 e. The van der Waals surface area contributed by atoms with Crippen molar-refractivity contribution in [3.05, 3.63) is 35.4 Å². The van der Waals surface area contributed by atoms with E-state index >= 15 is 0 Å². The number of hydrogen-bond donors (Lipinski definition) is 0. The summed E-state index contributed by atoms with van der Waals surface area (Å²) in [4.78, 5) is 0. The third-order valence-electron chi connectivity index (χ3n) is 3.47. The molecular weight excluding hydrogens is 270 g/mol. The highest BCUT2D eigenvalue weighted by Crippen LogP contribution is 2.19. The molecule has 0 bridgehead atoms. The van der Waals surface area contributed by atoms with Crippen LogP contribution in [0.3, 0.4) is 0 Å². The van der Waals surface area contributed by atoms with E-state index in [-0.39, 0.29) is 5.88 Å². The Balaban J connectivity index is 2.18. The molecule has 0 saturated heterocycles. The van der Waals surface area contributed by atoms with Crippen LogP contribution in [0, 0.1) is 0 Å². The minimum Gasteiger partial charge on any atom is -0.212 e. The smallest absolute Gasteiger partial charge is 0.212 e. The lowest BCUT2D eigenvalue weighted by Crippen LogP contribution is -2.39. The van der Waals surface area contributed by atoms with Gasteiger partial charge in [0.2, 0.25) is 10.0 Å². The number of sulfonamides is 1. The fourth-order valence-corrected chi connectivity index (χ4v) is 4.07. The molecule has 1 heterocycles. The number of fused-ring (bicyclic) bond motifs is 1. The van der Waals surface area contributed by atoms with Gasteiger partial charge in [-0.15, -0.1) is 11.6 Å². The van der Waals surface area contributed by atoms with Crippen molar-refractivity contribution < 1.29 is 8.42 Å². The Hall–Kier alpha value is -0.580. The fraction of sp³-hybridized carbons (Fsp3) is 0.538. The minimum absolute atomic E-state index is 0.145. The van der Waals surface area contributed by atoms with Crippen LogP contribution in [-0.4, -0.2) is 36.9 Å². The monoisotopic (exact) mass is 287 g/mol. The molecule has 5 heteroatoms. The molecule has 100 valence electrons. The summed E-state index contributed by atoms with van der Waals surface area (Å²) in [6.45, 7) is 2.78. The van der Waals surface area contributed by atoms with Crippen molar-refractivity contribution in [3.63, 3.8) is 0 Å². The molecule has 0 fully saturated rings. The van der Waals surface area contributed by atoms with Crippen LogP contribution in [0.25, 0.3) is 0 Å². The van der Waals surface area contributed by atoms with E-state index in [2.05, 4.69) is 12.1 Å². The molecule has 0 saturated carbocycles. The highest BCUT2D eigenvalue weighted by molar-refractivity contribution is 7.89. The van der Waals surface area contributed by atoms with Crippen LogP contribution in [0.15, 0.2) is 24.3 Å². The average molecular weight is 288 g/mol. The molecule has 0 amide bonds. The van der Waals surface area contributed by atoms with E-state index in [4.69, 9.17) is 11.6 Å². The Morgan fingerprint density at radius 3 is 2.17 bits per heavy atom. The fourth-order valence-electron chi connectivity index (χ4n) is 2.24. The number of rotatable bonds is 3. The summed E-state index contributed by atoms with van der Waals surface area (Å²) in [5, 5.41) is -0.514. The Bertz CT molecular complexity index is 488. The SMILES string of the molecule is CC(CCl)S(=O)(=O)N1CCc2ccccc2CC1. The van der Waals surface area contributed by atoms with Crippen molar-refractivity contribution in [2.24, 2.45) is 0 Å². The lowest BCUT2D eigenvalue weighted by molar-refractivity contribution is 0.421. The molecule has 18 heavy (non-hydrogen) atoms. The standard InChI is InChI=1S/C13H18ClNO2S/c1-11(10-14)18(16,17)15-8-6-12-4-2-3-5-13(12)7-9-15/h2-5,11H,6-10H2,1H3. The second kappa shape index (κ2) is 5.59. The first-order chi connectivity index (χ1) is 8.55. The zero-order valence-electron chi connectivity index (χ0n) is 10.5. The molecule has 0 aliphatic carbocycles. The van der Waals surface area contributed by atoms with Gasteiger partial charge in [-0.2, -0.15) is 0 Å². The summed E-state index contributed by atoms with van der Waals surface area (Å²) in [6.07, 6.45) is 1.56. The van der Waals surface area contributed by atoms with Crippen molar-refractivity contribution >= 4 is 21.6 Å². The van der Waals surface area contributed by atoms with Gasteiger partial charge in [-0.3, -0.25) is 0 Å². The molecular formula is C13H18ClNO2S. The van der Waals surface area contributed by atoms with Crippen LogP contribution in [0.5, 0.6) is 0 Å². The third kappa shape index (κ3) is 2.71. The zero-order valence-corrected chi connectivity index (χ0v) is 12.0. The van der Waals surface area contributed by atoms with E-state index in [1.807, 2.05) is 12.1 Å². The van der Waals surface area contributed by atoms with Gasteiger partial charge in [-0.05, 0) is 30.9 Å². The maximum absolute atomic E-state index is 12.3. The quantitative estimate of drug-likeness (QED) is 0.798. The number of alkyl halides is 1. The van der Waals surface area contributed by atoms with E-state index in [0.717, 1.165) is 12.8 Å². The number of nitrogens with zero attached hydrogens (tertiary/aromatic N) is 1. The number of hydrogen-bond acceptors (Lipinski definition) is 2. The predicted molar refractivity (Wildman–Crippen MR) is 74.5 cm³/mol. The molecule has 1 aliphatic heterocycles. The lowest BCUT2D eigenvalue weighted by Gasteiger charge is -2.23. The van der Waals surface area contributed by atoms with Crippen LogP contribution in [0.4, 0.5) is 0 Å². The van der Waals surface area contributed by atoms with Crippen LogP contribution in [0.2, 0.25) is 0 Å². The van der Waals surface area contributed by atoms with Gasteiger partial charge in [-0.25, -0.2) is 12.7 Å². The van der Waals surface area contributed by atoms with Crippen molar-refractivity contribution in [1.29, 1.82) is 0 Å². The molecule has 2 rings (SSSR count). The molecule has 1 unspecified atom stereocenters. The highest BCUT2D eigenvalue weighted by Gasteiger charge is 2.29. The summed E-state index contributed by atoms with van der Waals surface area (Å²) < 4.78 is 26.1. The van der Waals surface area contributed by atoms with Gasteiger partial charge in [0.1, 0.15) is 0 Å². The Morgan fingerprint density at radius 2 is 1.72 bits per heavy atom. The summed E-state index contributed by atoms with van der Waals surface area (Å²) in [7, 11) is -3.25. The van der Waals surface area contributed by atoms with Gasteiger partial charge in [0.25, 0.3) is 0 Å². The molecule has 0 spiro atoms. The molecule has 0 aromatic heterocycles. The Labute approximate surface area is 114 Å². The summed E-state index contributed by atoms with van der Waals surface area (Å²) in [6, 6.07) is 8.17. The summed E-state index contributed by atoms with van der Waals surface area (Å²) >= 11 is 5.68. The lowest BCUT2D eigenvalue weighted by atomic mass is 10.0. The molecule has 1 atom stereocenters. The van der Waals surface area contributed by atoms with E-state index < -0.39 is 15.3 Å². The first-order valence-electron chi connectivity index (χ1n) is 6.17. The van der Waals surface area contributed by atoms with E-state index in [0.29, 0.717) is 13.1 Å². The predicted octanol–water partition coefficient (Wildman–Crippen LogP) is 2.04. The maximum atomic E-state index is 12.3. The molecule has 1 aliphatic rings. The normalized spacial score (nSPS) is 19.0. The van der Waals surface area contributed by atoms with Crippen molar-refractivity contribution in [2.45, 2.75) is 25.0 Å². The molecule has 0 N–H and O–H groups in total. The topological polar surface area (TPSA) is 37.4 Å². The summed E-state index contributed by atoms with van der Waals surface area (Å²) in [5.41, 5.74) is 2.52. The van der Waals surface area contributed by atoms with Crippen molar-refractivity contribution in [3.8, 4) is 0 Å². The average Bonchev–Trinajstić information content (AvgIpc) is 2.60. The first-order valence-corrected chi connectivity index (χ1v) is 8.21. The van der Waals surface area contributed by atoms with Crippen molar-refractivity contribution in [1.82, 2.24) is 4.31 Å². The Kier molecular flexibility index (Phi) is 4.30. The zero-order chi connectivity index (χ0) is 13.2. The highest BCUT2D eigenvalue weighted by atomic mass is 35.5. The number of benzene rings is 1. The van der Waals surface area contributed by atoms with E-state index in [1.165, 1.54) is 11.1 Å². The van der Waals surface area contributed by atoms with Gasteiger partial charge in [0.15, 0.2) is 0 Å². The van der Waals surface area contributed by atoms with Crippen LogP contribution < -0.4 is 0 Å². The van der Waals surface area contributed by atoms with Gasteiger partial charge in [0, 0.05) is 19.0 Å². The van der Waals surface area contributed by atoms with E-state index in [9.17, 15) is 8.42 Å².